The summed E-state index contributed by atoms with van der Waals surface area (Å²) in [6, 6.07) is 6.37. The molecule has 0 bridgehead atoms. The molecular weight excluding hydrogens is 384 g/mol. The number of aliphatic imine (C=N–C) groups is 1. The van der Waals surface area contributed by atoms with Gasteiger partial charge in [-0.2, -0.15) is 4.98 Å². The summed E-state index contributed by atoms with van der Waals surface area (Å²) in [4.78, 5) is 11.3. The van der Waals surface area contributed by atoms with E-state index in [9.17, 15) is 0 Å². The fraction of sp³-hybridized carbons (Fsp3) is 0.571. The highest BCUT2D eigenvalue weighted by molar-refractivity contribution is 5.80. The van der Waals surface area contributed by atoms with Crippen LogP contribution in [0.15, 0.2) is 27.7 Å². The minimum atomic E-state index is 0.348. The Balaban J connectivity index is 1.52. The molecule has 164 valence electrons. The predicted molar refractivity (Wildman–Crippen MR) is 115 cm³/mol. The monoisotopic (exact) mass is 416 g/mol. The van der Waals surface area contributed by atoms with E-state index in [1.807, 2.05) is 13.0 Å². The summed E-state index contributed by atoms with van der Waals surface area (Å²) < 4.78 is 15.9. The van der Waals surface area contributed by atoms with Gasteiger partial charge in [0.25, 0.3) is 0 Å². The Morgan fingerprint density at radius 1 is 1.27 bits per heavy atom. The van der Waals surface area contributed by atoms with Crippen molar-refractivity contribution in [3.05, 3.63) is 35.5 Å². The summed E-state index contributed by atoms with van der Waals surface area (Å²) in [5, 5.41) is 10.7. The van der Waals surface area contributed by atoms with Crippen molar-refractivity contribution in [2.75, 3.05) is 40.4 Å². The fourth-order valence-corrected chi connectivity index (χ4v) is 3.53. The molecule has 1 unspecified atom stereocenters. The lowest BCUT2D eigenvalue weighted by atomic mass is 10.2. The molecule has 0 amide bonds. The molecule has 1 aliphatic heterocycles. The third kappa shape index (κ3) is 6.35. The van der Waals surface area contributed by atoms with Crippen LogP contribution in [0.4, 0.5) is 0 Å². The van der Waals surface area contributed by atoms with Gasteiger partial charge in [-0.15, -0.1) is 0 Å². The number of ether oxygens (including phenoxy) is 2. The number of nitrogens with one attached hydrogen (secondary N) is 2. The van der Waals surface area contributed by atoms with Gasteiger partial charge in [0.15, 0.2) is 11.8 Å². The molecule has 1 aromatic heterocycles. The van der Waals surface area contributed by atoms with Crippen LogP contribution in [0.5, 0.6) is 11.5 Å². The molecule has 0 radical (unpaired) electrons. The lowest BCUT2D eigenvalue weighted by Crippen LogP contribution is -2.44. The van der Waals surface area contributed by atoms with Crippen LogP contribution in [0, 0.1) is 6.92 Å². The summed E-state index contributed by atoms with van der Waals surface area (Å²) in [5.41, 5.74) is 1.18. The van der Waals surface area contributed by atoms with Crippen LogP contribution in [0.1, 0.15) is 30.6 Å². The van der Waals surface area contributed by atoms with Gasteiger partial charge >= 0.3 is 0 Å². The number of nitrogens with zero attached hydrogens (tertiary/aromatic N) is 4. The van der Waals surface area contributed by atoms with Crippen molar-refractivity contribution in [1.29, 1.82) is 0 Å². The van der Waals surface area contributed by atoms with Crippen molar-refractivity contribution in [2.45, 2.75) is 39.3 Å². The standard InChI is InChI=1S/C21H32N6O3/c1-5-22-21(23-8-6-20-24-15(2)26-30-20)25-17-7-9-27(14-17)13-16-10-18(28-3)12-19(11-16)29-4/h10-12,17H,5-9,13-14H2,1-4H3,(H2,22,23,25). The Morgan fingerprint density at radius 3 is 2.67 bits per heavy atom. The van der Waals surface area contributed by atoms with Crippen molar-refractivity contribution in [3.63, 3.8) is 0 Å². The lowest BCUT2D eigenvalue weighted by Gasteiger charge is -2.19. The van der Waals surface area contributed by atoms with Crippen molar-refractivity contribution in [3.8, 4) is 11.5 Å². The molecule has 3 rings (SSSR count). The molecule has 1 fully saturated rings. The fourth-order valence-electron chi connectivity index (χ4n) is 3.53. The van der Waals surface area contributed by atoms with E-state index in [-0.39, 0.29) is 0 Å². The van der Waals surface area contributed by atoms with Crippen LogP contribution in [0.3, 0.4) is 0 Å². The molecule has 30 heavy (non-hydrogen) atoms. The number of likely N-dealkylation sites (tertiary alicyclic amines) is 1. The quantitative estimate of drug-likeness (QED) is 0.472. The number of aromatic nitrogens is 2. The summed E-state index contributed by atoms with van der Waals surface area (Å²) in [6.45, 7) is 8.12. The minimum Gasteiger partial charge on any atom is -0.497 e. The first-order valence-corrected chi connectivity index (χ1v) is 10.4. The van der Waals surface area contributed by atoms with E-state index in [1.165, 1.54) is 5.56 Å². The highest BCUT2D eigenvalue weighted by Crippen LogP contribution is 2.24. The Morgan fingerprint density at radius 2 is 2.03 bits per heavy atom. The molecule has 2 aromatic rings. The molecule has 1 aliphatic rings. The number of hydrogen-bond acceptors (Lipinski definition) is 7. The molecule has 2 N–H and O–H groups in total. The molecule has 1 aromatic carbocycles. The molecule has 2 heterocycles. The summed E-state index contributed by atoms with van der Waals surface area (Å²) in [7, 11) is 3.35. The van der Waals surface area contributed by atoms with Gasteiger partial charge in [-0.25, -0.2) is 0 Å². The Kier molecular flexibility index (Phi) is 7.89. The van der Waals surface area contributed by atoms with E-state index in [2.05, 4.69) is 49.7 Å². The maximum Gasteiger partial charge on any atom is 0.228 e. The summed E-state index contributed by atoms with van der Waals surface area (Å²) >= 11 is 0. The first kappa shape index (κ1) is 21.9. The average Bonchev–Trinajstić information content (AvgIpc) is 3.36. The third-order valence-corrected chi connectivity index (χ3v) is 4.94. The van der Waals surface area contributed by atoms with E-state index in [0.29, 0.717) is 30.7 Å². The van der Waals surface area contributed by atoms with Gasteiger partial charge in [-0.3, -0.25) is 9.89 Å². The first-order valence-electron chi connectivity index (χ1n) is 10.4. The van der Waals surface area contributed by atoms with Crippen LogP contribution in [-0.2, 0) is 13.0 Å². The van der Waals surface area contributed by atoms with Gasteiger partial charge in [0.1, 0.15) is 11.5 Å². The van der Waals surface area contributed by atoms with Crippen LogP contribution in [0.25, 0.3) is 0 Å². The second-order valence-electron chi connectivity index (χ2n) is 7.33. The van der Waals surface area contributed by atoms with E-state index in [1.54, 1.807) is 14.2 Å². The number of methoxy groups -OCH3 is 2. The van der Waals surface area contributed by atoms with Crippen molar-refractivity contribution in [1.82, 2.24) is 25.7 Å². The second-order valence-corrected chi connectivity index (χ2v) is 7.33. The van der Waals surface area contributed by atoms with E-state index in [0.717, 1.165) is 50.1 Å². The molecule has 9 heteroatoms. The van der Waals surface area contributed by atoms with Crippen LogP contribution in [-0.4, -0.2) is 67.4 Å². The maximum absolute atomic E-state index is 5.38. The molecule has 1 atom stereocenters. The minimum absolute atomic E-state index is 0.348. The van der Waals surface area contributed by atoms with Gasteiger partial charge in [-0.1, -0.05) is 5.16 Å². The Hall–Kier alpha value is -2.81. The number of benzene rings is 1. The van der Waals surface area contributed by atoms with Crippen LogP contribution >= 0.6 is 0 Å². The lowest BCUT2D eigenvalue weighted by molar-refractivity contribution is 0.321. The smallest absolute Gasteiger partial charge is 0.228 e. The van der Waals surface area contributed by atoms with Crippen LogP contribution in [0.2, 0.25) is 0 Å². The zero-order valence-electron chi connectivity index (χ0n) is 18.3. The Labute approximate surface area is 177 Å². The molecule has 0 saturated carbocycles. The van der Waals surface area contributed by atoms with E-state index in [4.69, 9.17) is 14.0 Å². The summed E-state index contributed by atoms with van der Waals surface area (Å²) in [5.74, 6) is 3.72. The normalized spacial score (nSPS) is 17.2. The van der Waals surface area contributed by atoms with Gasteiger partial charge in [0.2, 0.25) is 5.89 Å². The topological polar surface area (TPSA) is 97.0 Å². The predicted octanol–water partition coefficient (Wildman–Crippen LogP) is 1.77. The van der Waals surface area contributed by atoms with Gasteiger partial charge in [-0.05, 0) is 38.0 Å². The highest BCUT2D eigenvalue weighted by Gasteiger charge is 2.23. The molecular formula is C21H32N6O3. The summed E-state index contributed by atoms with van der Waals surface area (Å²) in [6.07, 6.45) is 1.69. The molecule has 9 nitrogen and oxygen atoms in total. The second kappa shape index (κ2) is 10.8. The third-order valence-electron chi connectivity index (χ3n) is 4.94. The van der Waals surface area contributed by atoms with Gasteiger partial charge in [0, 0.05) is 44.7 Å². The number of rotatable bonds is 9. The zero-order valence-corrected chi connectivity index (χ0v) is 18.3. The first-order chi connectivity index (χ1) is 14.6. The van der Waals surface area contributed by atoms with Gasteiger partial charge in [0.05, 0.1) is 20.8 Å². The Bertz CT molecular complexity index is 816. The maximum atomic E-state index is 5.38. The zero-order chi connectivity index (χ0) is 21.3. The van der Waals surface area contributed by atoms with Crippen LogP contribution < -0.4 is 20.1 Å². The van der Waals surface area contributed by atoms with E-state index >= 15 is 0 Å². The molecule has 0 aliphatic carbocycles. The number of hydrogen-bond donors (Lipinski definition) is 2. The number of aryl methyl sites for hydroxylation is 1. The highest BCUT2D eigenvalue weighted by atomic mass is 16.5. The van der Waals surface area contributed by atoms with Crippen molar-refractivity contribution < 1.29 is 14.0 Å². The van der Waals surface area contributed by atoms with Gasteiger partial charge < -0.3 is 24.6 Å². The number of guanidine groups is 1. The largest absolute Gasteiger partial charge is 0.497 e. The SMILES string of the molecule is CCNC(=NCCc1nc(C)no1)NC1CCN(Cc2cc(OC)cc(OC)c2)C1. The molecule has 0 spiro atoms. The van der Waals surface area contributed by atoms with Crippen molar-refractivity contribution in [2.24, 2.45) is 4.99 Å². The van der Waals surface area contributed by atoms with Crippen molar-refractivity contribution >= 4 is 5.96 Å². The van der Waals surface area contributed by atoms with E-state index < -0.39 is 0 Å². The average molecular weight is 417 g/mol. The molecule has 1 saturated heterocycles.